The van der Waals surface area contributed by atoms with Crippen LogP contribution in [0.3, 0.4) is 0 Å². The molecule has 0 radical (unpaired) electrons. The van der Waals surface area contributed by atoms with Crippen LogP contribution in [0, 0.1) is 13.8 Å². The highest BCUT2D eigenvalue weighted by atomic mass is 79.9. The fraction of sp³-hybridized carbons (Fsp3) is 0.286. The minimum Gasteiger partial charge on any atom is -0.147 e. The van der Waals surface area contributed by atoms with Crippen LogP contribution in [0.25, 0.3) is 0 Å². The lowest BCUT2D eigenvalue weighted by Crippen LogP contribution is -1.97. The van der Waals surface area contributed by atoms with Gasteiger partial charge in [0.05, 0.1) is 4.83 Å². The molecule has 1 heterocycles. The summed E-state index contributed by atoms with van der Waals surface area (Å²) < 4.78 is 1.20. The van der Waals surface area contributed by atoms with Crippen molar-refractivity contribution in [2.45, 2.75) is 25.1 Å². The van der Waals surface area contributed by atoms with Gasteiger partial charge in [0, 0.05) is 9.35 Å². The van der Waals surface area contributed by atoms with E-state index < -0.39 is 0 Å². The Balaban J connectivity index is 2.21. The second-order valence-electron chi connectivity index (χ2n) is 4.23. The van der Waals surface area contributed by atoms with Gasteiger partial charge < -0.3 is 0 Å². The molecule has 0 nitrogen and oxygen atoms in total. The lowest BCUT2D eigenvalue weighted by Gasteiger charge is -2.12. The third-order valence-corrected chi connectivity index (χ3v) is 5.90. The first-order valence-electron chi connectivity index (χ1n) is 5.51. The monoisotopic (exact) mass is 372 g/mol. The number of hydrogen-bond acceptors (Lipinski definition) is 1. The Labute approximate surface area is 123 Å². The quantitative estimate of drug-likeness (QED) is 0.596. The SMILES string of the molecule is Cc1ccc(C)c(CC(Br)c2sccc2Br)c1. The van der Waals surface area contributed by atoms with Crippen molar-refractivity contribution in [2.75, 3.05) is 0 Å². The number of halogens is 2. The number of benzene rings is 1. The molecule has 2 rings (SSSR count). The molecule has 0 aliphatic carbocycles. The van der Waals surface area contributed by atoms with E-state index in [1.54, 1.807) is 11.3 Å². The summed E-state index contributed by atoms with van der Waals surface area (Å²) in [4.78, 5) is 1.75. The molecule has 90 valence electrons. The van der Waals surface area contributed by atoms with Crippen LogP contribution in [-0.2, 0) is 6.42 Å². The molecule has 17 heavy (non-hydrogen) atoms. The van der Waals surface area contributed by atoms with E-state index in [4.69, 9.17) is 0 Å². The average molecular weight is 374 g/mol. The van der Waals surface area contributed by atoms with Crippen LogP contribution >= 0.6 is 43.2 Å². The van der Waals surface area contributed by atoms with Crippen molar-refractivity contribution in [3.63, 3.8) is 0 Å². The first-order valence-corrected chi connectivity index (χ1v) is 8.10. The van der Waals surface area contributed by atoms with Gasteiger partial charge in [0.1, 0.15) is 0 Å². The molecule has 1 aromatic heterocycles. The Morgan fingerprint density at radius 2 is 2.00 bits per heavy atom. The van der Waals surface area contributed by atoms with Crippen molar-refractivity contribution in [1.82, 2.24) is 0 Å². The number of rotatable bonds is 3. The van der Waals surface area contributed by atoms with Crippen molar-refractivity contribution < 1.29 is 0 Å². The zero-order valence-electron chi connectivity index (χ0n) is 9.84. The van der Waals surface area contributed by atoms with E-state index in [0.29, 0.717) is 4.83 Å². The van der Waals surface area contributed by atoms with Gasteiger partial charge in [-0.25, -0.2) is 0 Å². The third-order valence-electron chi connectivity index (χ3n) is 2.83. The fourth-order valence-corrected chi connectivity index (χ4v) is 4.69. The summed E-state index contributed by atoms with van der Waals surface area (Å²) in [6.45, 7) is 4.32. The maximum atomic E-state index is 3.79. The summed E-state index contributed by atoms with van der Waals surface area (Å²) in [7, 11) is 0. The molecule has 2 aromatic rings. The Morgan fingerprint density at radius 3 is 2.65 bits per heavy atom. The van der Waals surface area contributed by atoms with Crippen LogP contribution in [0.1, 0.15) is 26.4 Å². The molecule has 0 bridgehead atoms. The number of alkyl halides is 1. The van der Waals surface area contributed by atoms with E-state index in [-0.39, 0.29) is 0 Å². The summed E-state index contributed by atoms with van der Waals surface area (Å²) in [5.74, 6) is 0. The van der Waals surface area contributed by atoms with E-state index in [2.05, 4.69) is 75.4 Å². The van der Waals surface area contributed by atoms with E-state index >= 15 is 0 Å². The van der Waals surface area contributed by atoms with Gasteiger partial charge in [-0.15, -0.1) is 11.3 Å². The predicted molar refractivity (Wildman–Crippen MR) is 83.3 cm³/mol. The molecule has 0 aliphatic rings. The number of thiophene rings is 1. The number of aryl methyl sites for hydroxylation is 2. The normalized spacial score (nSPS) is 12.7. The zero-order valence-corrected chi connectivity index (χ0v) is 13.8. The molecular formula is C14H14Br2S. The van der Waals surface area contributed by atoms with Crippen molar-refractivity contribution in [3.8, 4) is 0 Å². The zero-order chi connectivity index (χ0) is 12.4. The fourth-order valence-electron chi connectivity index (χ4n) is 1.83. The lowest BCUT2D eigenvalue weighted by molar-refractivity contribution is 0.951. The van der Waals surface area contributed by atoms with Gasteiger partial charge in [-0.1, -0.05) is 39.7 Å². The highest BCUT2D eigenvalue weighted by Gasteiger charge is 2.14. The topological polar surface area (TPSA) is 0 Å². The Hall–Kier alpha value is -0.120. The maximum absolute atomic E-state index is 3.79. The van der Waals surface area contributed by atoms with Gasteiger partial charge in [0.15, 0.2) is 0 Å². The predicted octanol–water partition coefficient (Wildman–Crippen LogP) is 5.81. The van der Waals surface area contributed by atoms with E-state index in [9.17, 15) is 0 Å². The summed E-state index contributed by atoms with van der Waals surface area (Å²) in [5, 5.41) is 2.12. The second kappa shape index (κ2) is 5.68. The molecular weight excluding hydrogens is 360 g/mol. The molecule has 0 N–H and O–H groups in total. The molecule has 0 fully saturated rings. The molecule has 0 saturated carbocycles. The average Bonchev–Trinajstić information content (AvgIpc) is 2.70. The van der Waals surface area contributed by atoms with E-state index in [1.807, 2.05) is 0 Å². The van der Waals surface area contributed by atoms with Gasteiger partial charge in [-0.3, -0.25) is 0 Å². The Bertz CT molecular complexity index is 517. The van der Waals surface area contributed by atoms with Gasteiger partial charge in [-0.05, 0) is 58.8 Å². The van der Waals surface area contributed by atoms with Crippen molar-refractivity contribution in [2.24, 2.45) is 0 Å². The standard InChI is InChI=1S/C14H14Br2S/c1-9-3-4-10(2)11(7-9)8-13(16)14-12(15)5-6-17-14/h3-7,13H,8H2,1-2H3. The van der Waals surface area contributed by atoms with E-state index in [0.717, 1.165) is 6.42 Å². The third kappa shape index (κ3) is 3.21. The number of hydrogen-bond donors (Lipinski definition) is 0. The van der Waals surface area contributed by atoms with Gasteiger partial charge in [0.2, 0.25) is 0 Å². The second-order valence-corrected chi connectivity index (χ2v) is 7.14. The molecule has 1 unspecified atom stereocenters. The molecule has 0 saturated heterocycles. The Morgan fingerprint density at radius 1 is 1.24 bits per heavy atom. The molecule has 0 spiro atoms. The van der Waals surface area contributed by atoms with Crippen LogP contribution in [0.15, 0.2) is 34.1 Å². The minimum atomic E-state index is 0.386. The summed E-state index contributed by atoms with van der Waals surface area (Å²) >= 11 is 9.18. The van der Waals surface area contributed by atoms with Crippen LogP contribution in [-0.4, -0.2) is 0 Å². The minimum absolute atomic E-state index is 0.386. The molecule has 1 atom stereocenters. The van der Waals surface area contributed by atoms with Gasteiger partial charge in [0.25, 0.3) is 0 Å². The Kier molecular flexibility index (Phi) is 4.45. The van der Waals surface area contributed by atoms with Crippen molar-refractivity contribution in [3.05, 3.63) is 55.7 Å². The van der Waals surface area contributed by atoms with Crippen molar-refractivity contribution in [1.29, 1.82) is 0 Å². The van der Waals surface area contributed by atoms with Gasteiger partial charge >= 0.3 is 0 Å². The first kappa shape index (κ1) is 13.3. The summed E-state index contributed by atoms with van der Waals surface area (Å²) in [6, 6.07) is 8.76. The highest BCUT2D eigenvalue weighted by molar-refractivity contribution is 9.11. The van der Waals surface area contributed by atoms with Crippen molar-refractivity contribution >= 4 is 43.2 Å². The highest BCUT2D eigenvalue weighted by Crippen LogP contribution is 2.37. The van der Waals surface area contributed by atoms with Crippen LogP contribution in [0.4, 0.5) is 0 Å². The molecule has 0 amide bonds. The molecule has 0 aliphatic heterocycles. The molecule has 1 aromatic carbocycles. The summed E-state index contributed by atoms with van der Waals surface area (Å²) in [5.41, 5.74) is 4.12. The van der Waals surface area contributed by atoms with Crippen LogP contribution < -0.4 is 0 Å². The summed E-state index contributed by atoms with van der Waals surface area (Å²) in [6.07, 6.45) is 1.03. The lowest BCUT2D eigenvalue weighted by atomic mass is 10.0. The van der Waals surface area contributed by atoms with Gasteiger partial charge in [-0.2, -0.15) is 0 Å². The molecule has 3 heteroatoms. The maximum Gasteiger partial charge on any atom is 0.0540 e. The smallest absolute Gasteiger partial charge is 0.0540 e. The largest absolute Gasteiger partial charge is 0.147 e. The first-order chi connectivity index (χ1) is 8.08. The van der Waals surface area contributed by atoms with Crippen LogP contribution in [0.2, 0.25) is 0 Å². The van der Waals surface area contributed by atoms with E-state index in [1.165, 1.54) is 26.0 Å². The van der Waals surface area contributed by atoms with Crippen LogP contribution in [0.5, 0.6) is 0 Å².